The number of carbonyl (C=O) groups excluding carboxylic acids is 2. The second kappa shape index (κ2) is 8.06. The Kier molecular flexibility index (Phi) is 5.95. The molecule has 0 spiro atoms. The molecule has 0 saturated carbocycles. The van der Waals surface area contributed by atoms with Gasteiger partial charge in [-0.05, 0) is 32.9 Å². The fraction of sp³-hybridized carbons (Fsp3) is 0.474. The number of carbonyl (C=O) groups is 2. The summed E-state index contributed by atoms with van der Waals surface area (Å²) in [5, 5.41) is 8.99. The van der Waals surface area contributed by atoms with E-state index >= 15 is 0 Å². The van der Waals surface area contributed by atoms with Gasteiger partial charge in [0.2, 0.25) is 11.8 Å². The molecule has 2 aliphatic heterocycles. The second-order valence-electron chi connectivity index (χ2n) is 7.04. The molecular weight excluding hydrogens is 420 g/mol. The van der Waals surface area contributed by atoms with Crippen LogP contribution in [0.1, 0.15) is 38.3 Å². The zero-order valence-electron chi connectivity index (χ0n) is 15.1. The van der Waals surface area contributed by atoms with Crippen LogP contribution < -0.4 is 16.0 Å². The average molecular weight is 442 g/mol. The number of hydrogen-bond donors (Lipinski definition) is 3. The van der Waals surface area contributed by atoms with Crippen LogP contribution in [0.4, 0.5) is 8.78 Å². The standard InChI is InChI=1S/C19H22BrF2N3O2/c1-9-13(19(27)25-15-5-6-23-18(20)17(9)15)8-16(26)24-10(2)12-4-3-11(21)7-14(12)22/h3-4,7,10,15,17-18,23H,5-6,8H2,1-2H3,(H,24,26)(H,25,27)/t10-,15?,17?,18?/m0/s1. The summed E-state index contributed by atoms with van der Waals surface area (Å²) in [6.45, 7) is 4.30. The van der Waals surface area contributed by atoms with Gasteiger partial charge in [0.1, 0.15) is 11.6 Å². The maximum Gasteiger partial charge on any atom is 0.247 e. The number of alkyl halides is 1. The molecule has 0 aliphatic carbocycles. The van der Waals surface area contributed by atoms with Crippen molar-refractivity contribution in [2.75, 3.05) is 6.54 Å². The predicted octanol–water partition coefficient (Wildman–Crippen LogP) is 2.68. The van der Waals surface area contributed by atoms with E-state index in [1.807, 2.05) is 6.92 Å². The van der Waals surface area contributed by atoms with Crippen LogP contribution in [0.2, 0.25) is 0 Å². The quantitative estimate of drug-likeness (QED) is 0.496. The molecule has 1 fully saturated rings. The van der Waals surface area contributed by atoms with E-state index in [1.165, 1.54) is 6.07 Å². The summed E-state index contributed by atoms with van der Waals surface area (Å²) in [5.41, 5.74) is 1.52. The summed E-state index contributed by atoms with van der Waals surface area (Å²) in [6, 6.07) is 2.64. The minimum Gasteiger partial charge on any atom is -0.349 e. The molecule has 146 valence electrons. The normalized spacial score (nSPS) is 26.3. The summed E-state index contributed by atoms with van der Waals surface area (Å²) < 4.78 is 26.9. The molecular formula is C19H22BrF2N3O2. The largest absolute Gasteiger partial charge is 0.349 e. The Bertz CT molecular complexity index is 799. The monoisotopic (exact) mass is 441 g/mol. The molecule has 3 unspecified atom stereocenters. The highest BCUT2D eigenvalue weighted by Crippen LogP contribution is 2.34. The zero-order valence-corrected chi connectivity index (χ0v) is 16.7. The van der Waals surface area contributed by atoms with E-state index < -0.39 is 17.7 Å². The molecule has 1 aromatic carbocycles. The van der Waals surface area contributed by atoms with Crippen LogP contribution in [0.5, 0.6) is 0 Å². The number of piperidine rings is 1. The Morgan fingerprint density at radius 2 is 2.15 bits per heavy atom. The summed E-state index contributed by atoms with van der Waals surface area (Å²) in [6.07, 6.45) is 0.740. The number of fused-ring (bicyclic) bond motifs is 1. The molecule has 8 heteroatoms. The van der Waals surface area contributed by atoms with Gasteiger partial charge in [-0.15, -0.1) is 0 Å². The summed E-state index contributed by atoms with van der Waals surface area (Å²) in [4.78, 5) is 24.9. The van der Waals surface area contributed by atoms with Crippen molar-refractivity contribution >= 4 is 27.7 Å². The highest BCUT2D eigenvalue weighted by molar-refractivity contribution is 9.09. The molecule has 3 rings (SSSR count). The molecule has 0 bridgehead atoms. The van der Waals surface area contributed by atoms with Gasteiger partial charge in [0, 0.05) is 29.2 Å². The SMILES string of the molecule is CC1=C(CC(=O)N[C@@H](C)c2ccc(F)cc2F)C(=O)NC2CCNC(Br)C12. The minimum absolute atomic E-state index is 0.0298. The Labute approximate surface area is 165 Å². The van der Waals surface area contributed by atoms with Gasteiger partial charge in [0.25, 0.3) is 0 Å². The molecule has 0 aromatic heterocycles. The first-order chi connectivity index (χ1) is 12.8. The van der Waals surface area contributed by atoms with E-state index in [1.54, 1.807) is 6.92 Å². The average Bonchev–Trinajstić information content (AvgIpc) is 2.58. The molecule has 27 heavy (non-hydrogen) atoms. The lowest BCUT2D eigenvalue weighted by Crippen LogP contribution is -2.56. The van der Waals surface area contributed by atoms with Crippen LogP contribution in [-0.4, -0.2) is 29.4 Å². The van der Waals surface area contributed by atoms with Gasteiger partial charge in [0.05, 0.1) is 17.4 Å². The van der Waals surface area contributed by atoms with Crippen LogP contribution in [0, 0.1) is 17.6 Å². The van der Waals surface area contributed by atoms with E-state index in [0.717, 1.165) is 30.7 Å². The second-order valence-corrected chi connectivity index (χ2v) is 8.03. The molecule has 1 aromatic rings. The minimum atomic E-state index is -0.716. The predicted molar refractivity (Wildman–Crippen MR) is 101 cm³/mol. The van der Waals surface area contributed by atoms with Gasteiger partial charge in [-0.25, -0.2) is 8.78 Å². The van der Waals surface area contributed by atoms with Crippen LogP contribution in [0.3, 0.4) is 0 Å². The van der Waals surface area contributed by atoms with Crippen molar-refractivity contribution in [3.8, 4) is 0 Å². The van der Waals surface area contributed by atoms with Gasteiger partial charge >= 0.3 is 0 Å². The topological polar surface area (TPSA) is 70.2 Å². The van der Waals surface area contributed by atoms with Gasteiger partial charge in [-0.1, -0.05) is 27.6 Å². The van der Waals surface area contributed by atoms with Crippen molar-refractivity contribution in [3.63, 3.8) is 0 Å². The molecule has 2 amide bonds. The van der Waals surface area contributed by atoms with E-state index in [-0.39, 0.29) is 40.7 Å². The van der Waals surface area contributed by atoms with Gasteiger partial charge in [0.15, 0.2) is 0 Å². The fourth-order valence-electron chi connectivity index (χ4n) is 3.81. The Hall–Kier alpha value is -1.80. The first-order valence-corrected chi connectivity index (χ1v) is 9.81. The maximum atomic E-state index is 13.9. The first-order valence-electron chi connectivity index (χ1n) is 8.90. The van der Waals surface area contributed by atoms with Gasteiger partial charge in [-0.2, -0.15) is 0 Å². The lowest BCUT2D eigenvalue weighted by atomic mass is 9.80. The zero-order chi connectivity index (χ0) is 19.7. The molecule has 3 N–H and O–H groups in total. The maximum absolute atomic E-state index is 13.9. The lowest BCUT2D eigenvalue weighted by Gasteiger charge is -2.41. The van der Waals surface area contributed by atoms with E-state index in [2.05, 4.69) is 31.9 Å². The molecule has 5 nitrogen and oxygen atoms in total. The summed E-state index contributed by atoms with van der Waals surface area (Å²) in [7, 11) is 0. The number of rotatable bonds is 4. The molecule has 4 atom stereocenters. The Morgan fingerprint density at radius 1 is 1.41 bits per heavy atom. The van der Waals surface area contributed by atoms with Gasteiger partial charge in [-0.3, -0.25) is 9.59 Å². The smallest absolute Gasteiger partial charge is 0.247 e. The third-order valence-corrected chi connectivity index (χ3v) is 6.15. The number of halogens is 3. The Morgan fingerprint density at radius 3 is 2.85 bits per heavy atom. The van der Waals surface area contributed by atoms with Crippen LogP contribution in [0.25, 0.3) is 0 Å². The fourth-order valence-corrected chi connectivity index (χ4v) is 4.80. The van der Waals surface area contributed by atoms with Crippen LogP contribution >= 0.6 is 15.9 Å². The molecule has 0 radical (unpaired) electrons. The van der Waals surface area contributed by atoms with Crippen molar-refractivity contribution in [2.24, 2.45) is 5.92 Å². The molecule has 2 aliphatic rings. The van der Waals surface area contributed by atoms with E-state index in [9.17, 15) is 18.4 Å². The van der Waals surface area contributed by atoms with E-state index in [0.29, 0.717) is 5.57 Å². The van der Waals surface area contributed by atoms with Crippen molar-refractivity contribution in [1.82, 2.24) is 16.0 Å². The number of nitrogens with one attached hydrogen (secondary N) is 3. The first kappa shape index (κ1) is 19.9. The number of amides is 2. The number of benzene rings is 1. The van der Waals surface area contributed by atoms with Crippen LogP contribution in [-0.2, 0) is 9.59 Å². The van der Waals surface area contributed by atoms with Gasteiger partial charge < -0.3 is 16.0 Å². The summed E-state index contributed by atoms with van der Waals surface area (Å²) in [5.74, 6) is -1.93. The third kappa shape index (κ3) is 4.21. The van der Waals surface area contributed by atoms with Crippen molar-refractivity contribution in [3.05, 3.63) is 46.5 Å². The number of hydrogen-bond acceptors (Lipinski definition) is 3. The highest BCUT2D eigenvalue weighted by atomic mass is 79.9. The van der Waals surface area contributed by atoms with Crippen LogP contribution in [0.15, 0.2) is 29.3 Å². The third-order valence-electron chi connectivity index (χ3n) is 5.25. The molecule has 2 heterocycles. The lowest BCUT2D eigenvalue weighted by molar-refractivity contribution is -0.124. The molecule has 1 saturated heterocycles. The Balaban J connectivity index is 1.72. The summed E-state index contributed by atoms with van der Waals surface area (Å²) >= 11 is 3.60. The van der Waals surface area contributed by atoms with E-state index in [4.69, 9.17) is 0 Å². The van der Waals surface area contributed by atoms with Crippen molar-refractivity contribution < 1.29 is 18.4 Å². The highest BCUT2D eigenvalue weighted by Gasteiger charge is 2.39. The van der Waals surface area contributed by atoms with Crippen molar-refractivity contribution in [2.45, 2.75) is 43.7 Å². The van der Waals surface area contributed by atoms with Crippen molar-refractivity contribution in [1.29, 1.82) is 0 Å².